The number of sulfonamides is 1. The highest BCUT2D eigenvalue weighted by Gasteiger charge is 2.23. The lowest BCUT2D eigenvalue weighted by atomic mass is 10.3. The van der Waals surface area contributed by atoms with Crippen LogP contribution in [-0.2, 0) is 14.8 Å². The van der Waals surface area contributed by atoms with E-state index in [9.17, 15) is 8.42 Å². The zero-order chi connectivity index (χ0) is 20.7. The molecule has 0 saturated carbocycles. The fourth-order valence-electron chi connectivity index (χ4n) is 2.60. The average Bonchev–Trinajstić information content (AvgIpc) is 2.65. The van der Waals surface area contributed by atoms with E-state index in [0.29, 0.717) is 23.3 Å². The van der Waals surface area contributed by atoms with Crippen LogP contribution in [0.3, 0.4) is 0 Å². The van der Waals surface area contributed by atoms with Crippen molar-refractivity contribution in [2.24, 2.45) is 4.99 Å². The first-order valence-corrected chi connectivity index (χ1v) is 11.1. The SMILES string of the molecule is C=CCC(NS(=O)(=O)c1cc(Br)ccn1)N(C)/C=N\C(=C)N1CCOC(C)C1. The smallest absolute Gasteiger partial charge is 0.259 e. The van der Waals surface area contributed by atoms with Gasteiger partial charge in [-0.05, 0) is 25.5 Å². The number of ether oxygens (including phenoxy) is 1. The molecule has 0 aliphatic carbocycles. The largest absolute Gasteiger partial charge is 0.375 e. The molecule has 1 saturated heterocycles. The van der Waals surface area contributed by atoms with E-state index in [-0.39, 0.29) is 11.1 Å². The number of halogens is 1. The zero-order valence-corrected chi connectivity index (χ0v) is 18.5. The van der Waals surface area contributed by atoms with Gasteiger partial charge >= 0.3 is 0 Å². The van der Waals surface area contributed by atoms with Crippen LogP contribution in [0.15, 0.2) is 57.9 Å². The molecule has 0 radical (unpaired) electrons. The number of aromatic nitrogens is 1. The Kier molecular flexibility index (Phi) is 8.17. The van der Waals surface area contributed by atoms with Crippen LogP contribution >= 0.6 is 15.9 Å². The molecule has 0 amide bonds. The van der Waals surface area contributed by atoms with Gasteiger partial charge in [-0.3, -0.25) is 0 Å². The minimum atomic E-state index is -3.81. The molecule has 2 atom stereocenters. The van der Waals surface area contributed by atoms with E-state index >= 15 is 0 Å². The molecule has 2 heterocycles. The van der Waals surface area contributed by atoms with Crippen molar-refractivity contribution in [2.75, 3.05) is 26.7 Å². The lowest BCUT2D eigenvalue weighted by molar-refractivity contribution is -0.00601. The molecule has 1 fully saturated rings. The zero-order valence-electron chi connectivity index (χ0n) is 16.1. The van der Waals surface area contributed by atoms with Crippen LogP contribution in [0.2, 0.25) is 0 Å². The second-order valence-electron chi connectivity index (χ2n) is 6.43. The Morgan fingerprint density at radius 3 is 3.04 bits per heavy atom. The normalized spacial score (nSPS) is 18.8. The molecule has 154 valence electrons. The molecule has 1 aliphatic heterocycles. The summed E-state index contributed by atoms with van der Waals surface area (Å²) in [6.07, 6.45) is 4.58. The summed E-state index contributed by atoms with van der Waals surface area (Å²) in [6.45, 7) is 11.8. The minimum Gasteiger partial charge on any atom is -0.375 e. The summed E-state index contributed by atoms with van der Waals surface area (Å²) in [4.78, 5) is 12.0. The number of pyridine rings is 1. The van der Waals surface area contributed by atoms with Crippen LogP contribution in [0, 0.1) is 0 Å². The van der Waals surface area contributed by atoms with Crippen LogP contribution in [0.25, 0.3) is 0 Å². The maximum atomic E-state index is 12.7. The van der Waals surface area contributed by atoms with Crippen molar-refractivity contribution in [3.63, 3.8) is 0 Å². The molecule has 0 bridgehead atoms. The Labute approximate surface area is 175 Å². The highest BCUT2D eigenvalue weighted by atomic mass is 79.9. The number of aliphatic imine (C=N–C) groups is 1. The van der Waals surface area contributed by atoms with E-state index in [1.165, 1.54) is 12.3 Å². The Hall–Kier alpha value is -1.75. The summed E-state index contributed by atoms with van der Waals surface area (Å²) >= 11 is 3.26. The van der Waals surface area contributed by atoms with Gasteiger partial charge < -0.3 is 14.5 Å². The monoisotopic (exact) mass is 471 g/mol. The number of rotatable bonds is 9. The third-order valence-corrected chi connectivity index (χ3v) is 5.99. The standard InChI is InChI=1S/C18H26BrN5O3S/c1-5-6-17(22-28(25,26)18-11-16(19)7-8-20-18)23(4)13-21-15(3)24-9-10-27-14(2)12-24/h5,7-8,11,13-14,17,22H,1,3,6,9-10,12H2,2,4H3/b21-13-. The highest BCUT2D eigenvalue weighted by Crippen LogP contribution is 2.15. The predicted molar refractivity (Wildman–Crippen MR) is 113 cm³/mol. The Balaban J connectivity index is 2.07. The van der Waals surface area contributed by atoms with E-state index in [1.54, 1.807) is 30.4 Å². The first kappa shape index (κ1) is 22.5. The van der Waals surface area contributed by atoms with Crippen molar-refractivity contribution < 1.29 is 13.2 Å². The van der Waals surface area contributed by atoms with Crippen LogP contribution in [0.5, 0.6) is 0 Å². The second-order valence-corrected chi connectivity index (χ2v) is 9.00. The molecule has 10 heteroatoms. The molecule has 1 aliphatic rings. The lowest BCUT2D eigenvalue weighted by Crippen LogP contribution is -2.46. The van der Waals surface area contributed by atoms with Crippen LogP contribution in [-0.4, -0.2) is 68.6 Å². The summed E-state index contributed by atoms with van der Waals surface area (Å²) in [7, 11) is -2.07. The molecule has 2 rings (SSSR count). The van der Waals surface area contributed by atoms with E-state index < -0.39 is 16.2 Å². The lowest BCUT2D eigenvalue weighted by Gasteiger charge is -2.32. The Bertz CT molecular complexity index is 830. The van der Waals surface area contributed by atoms with E-state index in [0.717, 1.165) is 13.1 Å². The Morgan fingerprint density at radius 2 is 2.39 bits per heavy atom. The molecular formula is C18H26BrN5O3S. The quantitative estimate of drug-likeness (QED) is 0.257. The van der Waals surface area contributed by atoms with Crippen molar-refractivity contribution in [3.8, 4) is 0 Å². The first-order valence-electron chi connectivity index (χ1n) is 8.79. The van der Waals surface area contributed by atoms with Gasteiger partial charge in [0, 0.05) is 30.8 Å². The van der Waals surface area contributed by atoms with Crippen molar-refractivity contribution >= 4 is 32.3 Å². The van der Waals surface area contributed by atoms with Gasteiger partial charge in [-0.1, -0.05) is 28.6 Å². The highest BCUT2D eigenvalue weighted by molar-refractivity contribution is 9.10. The van der Waals surface area contributed by atoms with Crippen molar-refractivity contribution in [3.05, 3.63) is 47.9 Å². The number of nitrogens with one attached hydrogen (secondary N) is 1. The summed E-state index contributed by atoms with van der Waals surface area (Å²) in [6, 6.07) is 3.11. The van der Waals surface area contributed by atoms with E-state index in [4.69, 9.17) is 4.74 Å². The fourth-order valence-corrected chi connectivity index (χ4v) is 4.31. The van der Waals surface area contributed by atoms with Crippen molar-refractivity contribution in [2.45, 2.75) is 30.6 Å². The third-order valence-electron chi connectivity index (χ3n) is 4.14. The second kappa shape index (κ2) is 10.1. The number of nitrogens with zero attached hydrogens (tertiary/aromatic N) is 4. The fraction of sp³-hybridized carbons (Fsp3) is 0.444. The van der Waals surface area contributed by atoms with Gasteiger partial charge in [-0.2, -0.15) is 4.72 Å². The van der Waals surface area contributed by atoms with Gasteiger partial charge in [0.15, 0.2) is 5.03 Å². The molecule has 0 aromatic carbocycles. The number of hydrogen-bond acceptors (Lipinski definition) is 6. The maximum absolute atomic E-state index is 12.7. The number of morpholine rings is 1. The molecule has 1 aromatic heterocycles. The van der Waals surface area contributed by atoms with Gasteiger partial charge in [0.1, 0.15) is 5.82 Å². The van der Waals surface area contributed by atoms with E-state index in [1.807, 2.05) is 11.8 Å². The third kappa shape index (κ3) is 6.40. The van der Waals surface area contributed by atoms with Crippen molar-refractivity contribution in [1.29, 1.82) is 0 Å². The molecule has 28 heavy (non-hydrogen) atoms. The topological polar surface area (TPSA) is 87.1 Å². The molecule has 1 aromatic rings. The maximum Gasteiger partial charge on any atom is 0.259 e. The van der Waals surface area contributed by atoms with Gasteiger partial charge in [-0.15, -0.1) is 6.58 Å². The average molecular weight is 472 g/mol. The number of hydrogen-bond donors (Lipinski definition) is 1. The summed E-state index contributed by atoms with van der Waals surface area (Å²) in [5.74, 6) is 0.607. The van der Waals surface area contributed by atoms with Gasteiger partial charge in [-0.25, -0.2) is 18.4 Å². The molecular weight excluding hydrogens is 446 g/mol. The molecule has 0 spiro atoms. The van der Waals surface area contributed by atoms with E-state index in [2.05, 4.69) is 43.8 Å². The van der Waals surface area contributed by atoms with Gasteiger partial charge in [0.05, 0.1) is 25.2 Å². The Morgan fingerprint density at radius 1 is 1.64 bits per heavy atom. The van der Waals surface area contributed by atoms with Gasteiger partial charge in [0.2, 0.25) is 0 Å². The van der Waals surface area contributed by atoms with Crippen LogP contribution in [0.1, 0.15) is 13.3 Å². The summed E-state index contributed by atoms with van der Waals surface area (Å²) in [5.41, 5.74) is 0. The molecule has 2 unspecified atom stereocenters. The first-order chi connectivity index (χ1) is 13.2. The predicted octanol–water partition coefficient (Wildman–Crippen LogP) is 2.18. The minimum absolute atomic E-state index is 0.0620. The van der Waals surface area contributed by atoms with Crippen molar-refractivity contribution in [1.82, 2.24) is 19.5 Å². The molecule has 8 nitrogen and oxygen atoms in total. The van der Waals surface area contributed by atoms with Crippen LogP contribution < -0.4 is 4.72 Å². The van der Waals surface area contributed by atoms with Gasteiger partial charge in [0.25, 0.3) is 10.0 Å². The summed E-state index contributed by atoms with van der Waals surface area (Å²) < 4.78 is 34.1. The molecule has 1 N–H and O–H groups in total. The summed E-state index contributed by atoms with van der Waals surface area (Å²) in [5, 5.41) is -0.0620. The van der Waals surface area contributed by atoms with Crippen LogP contribution in [0.4, 0.5) is 0 Å².